The molecular formula is C6H14N4. The van der Waals surface area contributed by atoms with E-state index in [1.54, 1.807) is 0 Å². The van der Waals surface area contributed by atoms with Gasteiger partial charge in [0.25, 0.3) is 0 Å². The summed E-state index contributed by atoms with van der Waals surface area (Å²) in [4.78, 5) is 2.72. The average molecular weight is 142 g/mol. The Hall–Kier alpha value is -0.730. The topological polar surface area (TPSA) is 60.8 Å². The van der Waals surface area contributed by atoms with E-state index in [0.29, 0.717) is 0 Å². The second-order valence-corrected chi connectivity index (χ2v) is 2.30. The molecule has 4 heteroatoms. The molecule has 0 aliphatic carbocycles. The van der Waals surface area contributed by atoms with Crippen molar-refractivity contribution in [3.63, 3.8) is 0 Å². The quantitative estimate of drug-likeness (QED) is 0.270. The van der Waals surface area contributed by atoms with Crippen molar-refractivity contribution in [3.8, 4) is 0 Å². The summed E-state index contributed by atoms with van der Waals surface area (Å²) < 4.78 is 0. The Morgan fingerprint density at radius 3 is 2.90 bits per heavy atom. The number of nitrogens with one attached hydrogen (secondary N) is 1. The third-order valence-corrected chi connectivity index (χ3v) is 1.30. The lowest BCUT2D eigenvalue weighted by Crippen LogP contribution is -2.09. The molecule has 0 amide bonds. The van der Waals surface area contributed by atoms with Crippen molar-refractivity contribution >= 4 is 0 Å². The molecule has 0 rings (SSSR count). The van der Waals surface area contributed by atoms with Crippen LogP contribution < -0.4 is 5.32 Å². The zero-order chi connectivity index (χ0) is 7.82. The molecule has 1 atom stereocenters. The van der Waals surface area contributed by atoms with Gasteiger partial charge in [0.05, 0.1) is 0 Å². The molecule has 0 radical (unpaired) electrons. The van der Waals surface area contributed by atoms with E-state index in [1.807, 2.05) is 14.0 Å². The Bertz CT molecular complexity index is 117. The smallest absolute Gasteiger partial charge is 0.0346 e. The van der Waals surface area contributed by atoms with Crippen molar-refractivity contribution in [1.82, 2.24) is 5.32 Å². The van der Waals surface area contributed by atoms with Crippen LogP contribution in [-0.4, -0.2) is 19.6 Å². The van der Waals surface area contributed by atoms with Gasteiger partial charge < -0.3 is 5.32 Å². The highest BCUT2D eigenvalue weighted by Gasteiger charge is 1.95. The van der Waals surface area contributed by atoms with Crippen molar-refractivity contribution in [2.45, 2.75) is 25.8 Å². The highest BCUT2D eigenvalue weighted by atomic mass is 15.1. The number of nitrogens with zero attached hydrogens (tertiary/aromatic N) is 3. The first-order valence-corrected chi connectivity index (χ1v) is 3.50. The van der Waals surface area contributed by atoms with E-state index in [0.717, 1.165) is 19.4 Å². The molecule has 4 nitrogen and oxygen atoms in total. The lowest BCUT2D eigenvalue weighted by atomic mass is 10.2. The fraction of sp³-hybridized carbons (Fsp3) is 1.00. The highest BCUT2D eigenvalue weighted by Crippen LogP contribution is 1.99. The van der Waals surface area contributed by atoms with E-state index in [2.05, 4.69) is 15.3 Å². The fourth-order valence-corrected chi connectivity index (χ4v) is 0.720. The first-order valence-electron chi connectivity index (χ1n) is 3.50. The molecule has 0 heterocycles. The molecular weight excluding hydrogens is 128 g/mol. The highest BCUT2D eigenvalue weighted by molar-refractivity contribution is 4.60. The Labute approximate surface area is 61.2 Å². The summed E-state index contributed by atoms with van der Waals surface area (Å²) in [6, 6.07) is 0.137. The van der Waals surface area contributed by atoms with Gasteiger partial charge in [-0.15, -0.1) is 0 Å². The molecule has 0 aliphatic rings. The Morgan fingerprint density at radius 1 is 1.70 bits per heavy atom. The van der Waals surface area contributed by atoms with E-state index in [-0.39, 0.29) is 6.04 Å². The summed E-state index contributed by atoms with van der Waals surface area (Å²) in [7, 11) is 1.91. The Balaban J connectivity index is 3.21. The monoisotopic (exact) mass is 142 g/mol. The number of azide groups is 1. The second-order valence-electron chi connectivity index (χ2n) is 2.30. The minimum absolute atomic E-state index is 0.137. The first-order chi connectivity index (χ1) is 4.81. The van der Waals surface area contributed by atoms with E-state index < -0.39 is 0 Å². The van der Waals surface area contributed by atoms with E-state index in [1.165, 1.54) is 0 Å². The number of hydrogen-bond acceptors (Lipinski definition) is 2. The number of hydrogen-bond donors (Lipinski definition) is 1. The Kier molecular flexibility index (Phi) is 5.92. The van der Waals surface area contributed by atoms with Crippen LogP contribution in [0.25, 0.3) is 10.4 Å². The van der Waals surface area contributed by atoms with Crippen LogP contribution in [0.1, 0.15) is 19.8 Å². The minimum atomic E-state index is 0.137. The van der Waals surface area contributed by atoms with Crippen molar-refractivity contribution in [1.29, 1.82) is 0 Å². The molecule has 0 spiro atoms. The van der Waals surface area contributed by atoms with Crippen LogP contribution in [0.15, 0.2) is 5.11 Å². The Morgan fingerprint density at radius 2 is 2.40 bits per heavy atom. The van der Waals surface area contributed by atoms with Gasteiger partial charge in [-0.2, -0.15) is 0 Å². The standard InChI is InChI=1S/C6H14N4/c1-6(9-10-7)4-3-5-8-2/h6,8H,3-5H2,1-2H3. The van der Waals surface area contributed by atoms with E-state index in [4.69, 9.17) is 5.53 Å². The van der Waals surface area contributed by atoms with Gasteiger partial charge in [-0.05, 0) is 32.0 Å². The van der Waals surface area contributed by atoms with Crippen LogP contribution in [0.4, 0.5) is 0 Å². The van der Waals surface area contributed by atoms with Crippen LogP contribution in [0, 0.1) is 0 Å². The van der Waals surface area contributed by atoms with E-state index >= 15 is 0 Å². The molecule has 58 valence electrons. The van der Waals surface area contributed by atoms with Gasteiger partial charge in [-0.3, -0.25) is 0 Å². The van der Waals surface area contributed by atoms with Crippen molar-refractivity contribution < 1.29 is 0 Å². The molecule has 0 aliphatic heterocycles. The predicted octanol–water partition coefficient (Wildman–Crippen LogP) is 1.68. The third-order valence-electron chi connectivity index (χ3n) is 1.30. The number of rotatable bonds is 5. The fourth-order valence-electron chi connectivity index (χ4n) is 0.720. The lowest BCUT2D eigenvalue weighted by Gasteiger charge is -2.01. The SMILES string of the molecule is CNCCCC(C)N=[N+]=[N-]. The van der Waals surface area contributed by atoms with Crippen molar-refractivity contribution in [3.05, 3.63) is 10.4 Å². The predicted molar refractivity (Wildman–Crippen MR) is 41.8 cm³/mol. The van der Waals surface area contributed by atoms with Crippen molar-refractivity contribution in [2.24, 2.45) is 5.11 Å². The summed E-state index contributed by atoms with van der Waals surface area (Å²) in [6.07, 6.45) is 2.03. The molecule has 1 N–H and O–H groups in total. The largest absolute Gasteiger partial charge is 0.320 e. The third kappa shape index (κ3) is 5.41. The zero-order valence-corrected chi connectivity index (χ0v) is 6.54. The summed E-state index contributed by atoms with van der Waals surface area (Å²) >= 11 is 0. The molecule has 0 aromatic heterocycles. The van der Waals surface area contributed by atoms with Crippen LogP contribution >= 0.6 is 0 Å². The normalized spacial score (nSPS) is 12.2. The lowest BCUT2D eigenvalue weighted by molar-refractivity contribution is 0.599. The maximum Gasteiger partial charge on any atom is 0.0346 e. The summed E-state index contributed by atoms with van der Waals surface area (Å²) in [6.45, 7) is 2.92. The molecule has 0 saturated heterocycles. The van der Waals surface area contributed by atoms with Crippen molar-refractivity contribution in [2.75, 3.05) is 13.6 Å². The summed E-state index contributed by atoms with van der Waals surface area (Å²) in [5, 5.41) is 6.58. The van der Waals surface area contributed by atoms with E-state index in [9.17, 15) is 0 Å². The first kappa shape index (κ1) is 9.27. The van der Waals surface area contributed by atoms with Gasteiger partial charge >= 0.3 is 0 Å². The van der Waals surface area contributed by atoms with Crippen LogP contribution in [-0.2, 0) is 0 Å². The molecule has 0 saturated carbocycles. The molecule has 0 bridgehead atoms. The summed E-state index contributed by atoms with van der Waals surface area (Å²) in [5.41, 5.74) is 8.04. The molecule has 10 heavy (non-hydrogen) atoms. The molecule has 0 aromatic carbocycles. The average Bonchev–Trinajstić information content (AvgIpc) is 1.89. The van der Waals surface area contributed by atoms with Crippen LogP contribution in [0.2, 0.25) is 0 Å². The van der Waals surface area contributed by atoms with Crippen LogP contribution in [0.5, 0.6) is 0 Å². The molecule has 0 fully saturated rings. The maximum absolute atomic E-state index is 8.04. The molecule has 1 unspecified atom stereocenters. The molecule has 0 aromatic rings. The van der Waals surface area contributed by atoms with Gasteiger partial charge in [-0.25, -0.2) is 0 Å². The van der Waals surface area contributed by atoms with Gasteiger partial charge in [0.15, 0.2) is 0 Å². The second kappa shape index (κ2) is 6.39. The van der Waals surface area contributed by atoms with Gasteiger partial charge in [0.1, 0.15) is 0 Å². The van der Waals surface area contributed by atoms with Crippen LogP contribution in [0.3, 0.4) is 0 Å². The maximum atomic E-state index is 8.04. The zero-order valence-electron chi connectivity index (χ0n) is 6.54. The minimum Gasteiger partial charge on any atom is -0.320 e. The van der Waals surface area contributed by atoms with Gasteiger partial charge in [0.2, 0.25) is 0 Å². The van der Waals surface area contributed by atoms with Gasteiger partial charge in [0, 0.05) is 11.0 Å². The summed E-state index contributed by atoms with van der Waals surface area (Å²) in [5.74, 6) is 0. The van der Waals surface area contributed by atoms with Gasteiger partial charge in [-0.1, -0.05) is 12.0 Å².